The van der Waals surface area contributed by atoms with Crippen LogP contribution in [0.5, 0.6) is 11.5 Å². The van der Waals surface area contributed by atoms with Gasteiger partial charge in [0, 0.05) is 29.7 Å². The smallest absolute Gasteiger partial charge is 0.267 e. The van der Waals surface area contributed by atoms with Crippen molar-refractivity contribution in [2.24, 2.45) is 0 Å². The van der Waals surface area contributed by atoms with E-state index in [1.807, 2.05) is 31.2 Å². The third kappa shape index (κ3) is 5.83. The number of rotatable bonds is 9. The fourth-order valence-corrected chi connectivity index (χ4v) is 6.77. The van der Waals surface area contributed by atoms with Crippen molar-refractivity contribution in [2.75, 3.05) is 31.3 Å². The summed E-state index contributed by atoms with van der Waals surface area (Å²) in [6, 6.07) is 15.0. The van der Waals surface area contributed by atoms with Crippen molar-refractivity contribution < 1.29 is 14.3 Å². The molecular formula is C29H32N4O4S2. The van der Waals surface area contributed by atoms with Crippen molar-refractivity contribution in [1.29, 1.82) is 0 Å². The Morgan fingerprint density at radius 1 is 1.13 bits per heavy atom. The summed E-state index contributed by atoms with van der Waals surface area (Å²) in [6.45, 7) is 8.63. The summed E-state index contributed by atoms with van der Waals surface area (Å²) in [4.78, 5) is 36.2. The van der Waals surface area contributed by atoms with E-state index in [1.54, 1.807) is 47.3 Å². The molecule has 0 bridgehead atoms. The standard InChI is InChI=1S/C29H32N4O4S2/c1-5-37-22-12-8-20(9-13-22)33-28(35)26-23-14-15-32(18(2)3)16-24(23)39-27(26)31-29(33)38-17-25(34)30-19-6-10-21(36-4)11-7-19/h6-13,18H,5,14-17H2,1-4H3,(H,30,34). The minimum absolute atomic E-state index is 0.0993. The van der Waals surface area contributed by atoms with E-state index in [0.717, 1.165) is 41.4 Å². The van der Waals surface area contributed by atoms with Crippen LogP contribution in [-0.2, 0) is 17.8 Å². The number of aromatic nitrogens is 2. The van der Waals surface area contributed by atoms with Crippen molar-refractivity contribution in [2.45, 2.75) is 44.9 Å². The molecule has 2 aromatic heterocycles. The number of hydrogen-bond donors (Lipinski definition) is 1. The normalized spacial score (nSPS) is 13.5. The van der Waals surface area contributed by atoms with E-state index in [0.29, 0.717) is 34.6 Å². The molecule has 0 radical (unpaired) electrons. The molecular weight excluding hydrogens is 532 g/mol. The highest BCUT2D eigenvalue weighted by Crippen LogP contribution is 2.35. The van der Waals surface area contributed by atoms with Crippen molar-refractivity contribution in [3.05, 3.63) is 69.3 Å². The average molecular weight is 565 g/mol. The molecule has 204 valence electrons. The maximum Gasteiger partial charge on any atom is 0.267 e. The SMILES string of the molecule is CCOc1ccc(-n2c(SCC(=O)Nc3ccc(OC)cc3)nc3sc4c(c3c2=O)CCN(C(C)C)C4)cc1. The quantitative estimate of drug-likeness (QED) is 0.217. The number of hydrogen-bond acceptors (Lipinski definition) is 8. The number of carbonyl (C=O) groups is 1. The number of amides is 1. The number of thiophene rings is 1. The minimum Gasteiger partial charge on any atom is -0.497 e. The van der Waals surface area contributed by atoms with E-state index in [9.17, 15) is 9.59 Å². The van der Waals surface area contributed by atoms with Crippen LogP contribution >= 0.6 is 23.1 Å². The van der Waals surface area contributed by atoms with Crippen LogP contribution in [0.25, 0.3) is 15.9 Å². The van der Waals surface area contributed by atoms with Gasteiger partial charge in [-0.25, -0.2) is 4.98 Å². The first-order chi connectivity index (χ1) is 18.9. The lowest BCUT2D eigenvalue weighted by Gasteiger charge is -2.30. The molecule has 1 N–H and O–H groups in total. The first-order valence-corrected chi connectivity index (χ1v) is 14.8. The first-order valence-electron chi connectivity index (χ1n) is 13.0. The zero-order valence-corrected chi connectivity index (χ0v) is 24.2. The molecule has 10 heteroatoms. The molecule has 1 aliphatic rings. The molecule has 0 saturated heterocycles. The van der Waals surface area contributed by atoms with Crippen molar-refractivity contribution in [3.63, 3.8) is 0 Å². The van der Waals surface area contributed by atoms with Gasteiger partial charge in [-0.2, -0.15) is 0 Å². The van der Waals surface area contributed by atoms with Crippen LogP contribution < -0.4 is 20.3 Å². The van der Waals surface area contributed by atoms with Crippen LogP contribution in [0, 0.1) is 0 Å². The van der Waals surface area contributed by atoms with Crippen LogP contribution in [0.1, 0.15) is 31.2 Å². The van der Waals surface area contributed by atoms with Crippen molar-refractivity contribution in [1.82, 2.24) is 14.5 Å². The first kappa shape index (κ1) is 27.2. The molecule has 4 aromatic rings. The number of thioether (sulfide) groups is 1. The van der Waals surface area contributed by atoms with E-state index in [1.165, 1.54) is 16.6 Å². The summed E-state index contributed by atoms with van der Waals surface area (Å²) in [5.74, 6) is 1.37. The van der Waals surface area contributed by atoms with E-state index >= 15 is 0 Å². The van der Waals surface area contributed by atoms with E-state index in [-0.39, 0.29) is 17.2 Å². The Morgan fingerprint density at radius 3 is 2.51 bits per heavy atom. The summed E-state index contributed by atoms with van der Waals surface area (Å²) in [5, 5.41) is 4.08. The Bertz CT molecular complexity index is 1530. The molecule has 0 atom stereocenters. The zero-order valence-electron chi connectivity index (χ0n) is 22.5. The van der Waals surface area contributed by atoms with Gasteiger partial charge in [0.2, 0.25) is 5.91 Å². The van der Waals surface area contributed by atoms with Gasteiger partial charge in [-0.1, -0.05) is 11.8 Å². The Balaban J connectivity index is 1.49. The monoisotopic (exact) mass is 564 g/mol. The summed E-state index contributed by atoms with van der Waals surface area (Å²) >= 11 is 2.84. The third-order valence-electron chi connectivity index (χ3n) is 6.72. The van der Waals surface area contributed by atoms with Crippen LogP contribution in [0.2, 0.25) is 0 Å². The van der Waals surface area contributed by atoms with E-state index in [4.69, 9.17) is 14.5 Å². The molecule has 1 amide bonds. The summed E-state index contributed by atoms with van der Waals surface area (Å²) < 4.78 is 12.4. The Hall–Kier alpha value is -3.34. The number of fused-ring (bicyclic) bond motifs is 3. The maximum absolute atomic E-state index is 14.1. The number of ether oxygens (including phenoxy) is 2. The Morgan fingerprint density at radius 2 is 1.85 bits per heavy atom. The largest absolute Gasteiger partial charge is 0.497 e. The number of anilines is 1. The molecule has 39 heavy (non-hydrogen) atoms. The molecule has 3 heterocycles. The molecule has 0 fully saturated rings. The molecule has 0 aliphatic carbocycles. The van der Waals surface area contributed by atoms with Crippen molar-refractivity contribution >= 4 is 44.9 Å². The van der Waals surface area contributed by atoms with Gasteiger partial charge in [-0.3, -0.25) is 19.1 Å². The predicted molar refractivity (Wildman–Crippen MR) is 158 cm³/mol. The van der Waals surface area contributed by atoms with Crippen LogP contribution in [0.15, 0.2) is 58.5 Å². The minimum atomic E-state index is -0.184. The van der Waals surface area contributed by atoms with Gasteiger partial charge in [0.25, 0.3) is 5.56 Å². The second-order valence-electron chi connectivity index (χ2n) is 9.53. The van der Waals surface area contributed by atoms with Crippen LogP contribution in [0.3, 0.4) is 0 Å². The highest BCUT2D eigenvalue weighted by molar-refractivity contribution is 7.99. The molecule has 0 saturated carbocycles. The van der Waals surface area contributed by atoms with Gasteiger partial charge in [0.05, 0.1) is 30.5 Å². The van der Waals surface area contributed by atoms with Gasteiger partial charge >= 0.3 is 0 Å². The molecule has 8 nitrogen and oxygen atoms in total. The molecule has 0 unspecified atom stereocenters. The second-order valence-corrected chi connectivity index (χ2v) is 11.6. The average Bonchev–Trinajstić information content (AvgIpc) is 3.31. The molecule has 2 aromatic carbocycles. The Labute approximate surface area is 236 Å². The number of nitrogens with one attached hydrogen (secondary N) is 1. The van der Waals surface area contributed by atoms with Crippen LogP contribution in [-0.4, -0.2) is 52.4 Å². The number of methoxy groups -OCH3 is 1. The van der Waals surface area contributed by atoms with Gasteiger partial charge in [-0.15, -0.1) is 11.3 Å². The van der Waals surface area contributed by atoms with Gasteiger partial charge in [0.1, 0.15) is 16.3 Å². The summed E-state index contributed by atoms with van der Waals surface area (Å²) in [6.07, 6.45) is 0.824. The molecule has 1 aliphatic heterocycles. The zero-order chi connectivity index (χ0) is 27.5. The second kappa shape index (κ2) is 11.8. The topological polar surface area (TPSA) is 85.7 Å². The highest BCUT2D eigenvalue weighted by atomic mass is 32.2. The van der Waals surface area contributed by atoms with Gasteiger partial charge < -0.3 is 14.8 Å². The summed E-state index contributed by atoms with van der Waals surface area (Å²) in [5.41, 5.74) is 2.38. The van der Waals surface area contributed by atoms with Crippen molar-refractivity contribution in [3.8, 4) is 17.2 Å². The van der Waals surface area contributed by atoms with Gasteiger partial charge in [0.15, 0.2) is 5.16 Å². The molecule has 5 rings (SSSR count). The fraction of sp³-hybridized carbons (Fsp3) is 0.345. The summed E-state index contributed by atoms with van der Waals surface area (Å²) in [7, 11) is 1.60. The third-order valence-corrected chi connectivity index (χ3v) is 8.76. The van der Waals surface area contributed by atoms with Gasteiger partial charge in [-0.05, 0) is 81.3 Å². The number of carbonyl (C=O) groups excluding carboxylic acids is 1. The Kier molecular flexibility index (Phi) is 8.25. The lowest BCUT2D eigenvalue weighted by Crippen LogP contribution is -2.35. The number of benzene rings is 2. The maximum atomic E-state index is 14.1. The highest BCUT2D eigenvalue weighted by Gasteiger charge is 2.26. The molecule has 0 spiro atoms. The van der Waals surface area contributed by atoms with E-state index in [2.05, 4.69) is 24.1 Å². The van der Waals surface area contributed by atoms with Crippen LogP contribution in [0.4, 0.5) is 5.69 Å². The lowest BCUT2D eigenvalue weighted by molar-refractivity contribution is -0.113. The lowest BCUT2D eigenvalue weighted by atomic mass is 10.0. The predicted octanol–water partition coefficient (Wildman–Crippen LogP) is 5.35. The fourth-order valence-electron chi connectivity index (χ4n) is 4.67. The number of nitrogens with zero attached hydrogens (tertiary/aromatic N) is 3. The van der Waals surface area contributed by atoms with E-state index < -0.39 is 0 Å².